The summed E-state index contributed by atoms with van der Waals surface area (Å²) in [5.74, 6) is 0.0255. The highest BCUT2D eigenvalue weighted by molar-refractivity contribution is 5.81. The zero-order chi connectivity index (χ0) is 14.2. The molecule has 1 atom stereocenters. The number of amides is 1. The minimum Gasteiger partial charge on any atom is -0.366 e. The zero-order valence-corrected chi connectivity index (χ0v) is 12.7. The second-order valence-corrected chi connectivity index (χ2v) is 5.98. The number of ether oxygens (including phenoxy) is 1. The lowest BCUT2D eigenvalue weighted by Crippen LogP contribution is -2.48. The Bertz CT molecular complexity index is 287. The van der Waals surface area contributed by atoms with Crippen LogP contribution in [-0.2, 0) is 9.53 Å². The molecule has 1 amide bonds. The van der Waals surface area contributed by atoms with E-state index < -0.39 is 0 Å². The summed E-state index contributed by atoms with van der Waals surface area (Å²) in [6.45, 7) is 3.91. The molecule has 5 heteroatoms. The Morgan fingerprint density at radius 1 is 1.35 bits per heavy atom. The Kier molecular flexibility index (Phi) is 6.76. The van der Waals surface area contributed by atoms with Gasteiger partial charge in [-0.1, -0.05) is 19.3 Å². The van der Waals surface area contributed by atoms with Gasteiger partial charge in [0.15, 0.2) is 0 Å². The van der Waals surface area contributed by atoms with Gasteiger partial charge in [0.2, 0.25) is 5.91 Å². The smallest absolute Gasteiger partial charge is 0.250 e. The molecule has 0 spiro atoms. The summed E-state index contributed by atoms with van der Waals surface area (Å²) in [6.07, 6.45) is 7.53. The van der Waals surface area contributed by atoms with Gasteiger partial charge in [-0.2, -0.15) is 0 Å². The van der Waals surface area contributed by atoms with Crippen molar-refractivity contribution in [1.82, 2.24) is 15.5 Å². The highest BCUT2D eigenvalue weighted by atomic mass is 16.5. The van der Waals surface area contributed by atoms with E-state index in [0.717, 1.165) is 32.1 Å². The van der Waals surface area contributed by atoms with Crippen LogP contribution >= 0.6 is 0 Å². The fraction of sp³-hybridized carbons (Fsp3) is 0.933. The molecule has 1 heterocycles. The van der Waals surface area contributed by atoms with Crippen LogP contribution in [0.2, 0.25) is 0 Å². The summed E-state index contributed by atoms with van der Waals surface area (Å²) in [5.41, 5.74) is 0. The second-order valence-electron chi connectivity index (χ2n) is 5.98. The normalized spacial score (nSPS) is 24.8. The lowest BCUT2D eigenvalue weighted by molar-refractivity contribution is -0.134. The van der Waals surface area contributed by atoms with E-state index in [9.17, 15) is 4.79 Å². The average molecular weight is 283 g/mol. The lowest BCUT2D eigenvalue weighted by atomic mass is 9.94. The van der Waals surface area contributed by atoms with Crippen molar-refractivity contribution in [2.45, 2.75) is 50.7 Å². The Balaban J connectivity index is 1.55. The Morgan fingerprint density at radius 3 is 2.85 bits per heavy atom. The summed E-state index contributed by atoms with van der Waals surface area (Å²) in [5, 5.41) is 6.15. The van der Waals surface area contributed by atoms with E-state index >= 15 is 0 Å². The van der Waals surface area contributed by atoms with Gasteiger partial charge in [-0.3, -0.25) is 4.79 Å². The van der Waals surface area contributed by atoms with Crippen molar-refractivity contribution >= 4 is 5.91 Å². The molecular weight excluding hydrogens is 254 g/mol. The van der Waals surface area contributed by atoms with Crippen molar-refractivity contribution in [3.8, 4) is 0 Å². The summed E-state index contributed by atoms with van der Waals surface area (Å²) in [7, 11) is 2.21. The predicted octanol–water partition coefficient (Wildman–Crippen LogP) is 0.746. The maximum atomic E-state index is 11.9. The van der Waals surface area contributed by atoms with E-state index in [2.05, 4.69) is 22.6 Å². The van der Waals surface area contributed by atoms with Crippen molar-refractivity contribution in [2.24, 2.45) is 0 Å². The molecule has 0 unspecified atom stereocenters. The van der Waals surface area contributed by atoms with Crippen LogP contribution in [0.1, 0.15) is 38.5 Å². The van der Waals surface area contributed by atoms with Crippen molar-refractivity contribution in [2.75, 3.05) is 39.8 Å². The molecule has 0 aromatic rings. The SMILES string of the molecule is CN(CCCNC(=O)[C@H]1CNCCO1)C1CCCCC1. The third-order valence-electron chi connectivity index (χ3n) is 4.40. The van der Waals surface area contributed by atoms with Crippen LogP contribution in [-0.4, -0.2) is 62.8 Å². The molecule has 0 aromatic carbocycles. The number of morpholine rings is 1. The van der Waals surface area contributed by atoms with E-state index in [0.29, 0.717) is 13.2 Å². The Hall–Kier alpha value is -0.650. The van der Waals surface area contributed by atoms with Crippen molar-refractivity contribution in [3.05, 3.63) is 0 Å². The third kappa shape index (κ3) is 5.04. The Morgan fingerprint density at radius 2 is 2.15 bits per heavy atom. The average Bonchev–Trinajstić information content (AvgIpc) is 2.53. The molecule has 0 bridgehead atoms. The molecule has 20 heavy (non-hydrogen) atoms. The fourth-order valence-corrected chi connectivity index (χ4v) is 3.09. The van der Waals surface area contributed by atoms with Crippen molar-refractivity contribution in [3.63, 3.8) is 0 Å². The van der Waals surface area contributed by atoms with Crippen molar-refractivity contribution < 1.29 is 9.53 Å². The standard InChI is InChI=1S/C15H29N3O2/c1-18(13-6-3-2-4-7-13)10-5-8-17-15(19)14-12-16-9-11-20-14/h13-14,16H,2-12H2,1H3,(H,17,19)/t14-/m1/s1. The van der Waals surface area contributed by atoms with Gasteiger partial charge in [-0.15, -0.1) is 0 Å². The van der Waals surface area contributed by atoms with Gasteiger partial charge in [-0.25, -0.2) is 0 Å². The van der Waals surface area contributed by atoms with Gasteiger partial charge in [-0.05, 0) is 32.9 Å². The minimum absolute atomic E-state index is 0.0255. The molecule has 1 saturated carbocycles. The second kappa shape index (κ2) is 8.60. The molecule has 5 nitrogen and oxygen atoms in total. The maximum Gasteiger partial charge on any atom is 0.250 e. The van der Waals surface area contributed by atoms with Crippen LogP contribution in [0.15, 0.2) is 0 Å². The van der Waals surface area contributed by atoms with Crippen LogP contribution < -0.4 is 10.6 Å². The first-order valence-corrected chi connectivity index (χ1v) is 8.07. The topological polar surface area (TPSA) is 53.6 Å². The van der Waals surface area contributed by atoms with Crippen LogP contribution in [0, 0.1) is 0 Å². The number of carbonyl (C=O) groups excluding carboxylic acids is 1. The summed E-state index contributed by atoms with van der Waals surface area (Å²) in [6, 6.07) is 0.755. The van der Waals surface area contributed by atoms with Crippen LogP contribution in [0.5, 0.6) is 0 Å². The fourth-order valence-electron chi connectivity index (χ4n) is 3.09. The first-order chi connectivity index (χ1) is 9.77. The number of rotatable bonds is 6. The molecule has 0 radical (unpaired) electrons. The van der Waals surface area contributed by atoms with Gasteiger partial charge >= 0.3 is 0 Å². The number of hydrogen-bond acceptors (Lipinski definition) is 4. The number of hydrogen-bond donors (Lipinski definition) is 2. The van der Waals surface area contributed by atoms with E-state index in [1.165, 1.54) is 32.1 Å². The third-order valence-corrected chi connectivity index (χ3v) is 4.40. The highest BCUT2D eigenvalue weighted by Gasteiger charge is 2.21. The lowest BCUT2D eigenvalue weighted by Gasteiger charge is -2.31. The van der Waals surface area contributed by atoms with E-state index in [1.54, 1.807) is 0 Å². The van der Waals surface area contributed by atoms with E-state index in [1.807, 2.05) is 0 Å². The Labute approximate surface area is 122 Å². The van der Waals surface area contributed by atoms with Gasteiger partial charge in [0.05, 0.1) is 6.61 Å². The predicted molar refractivity (Wildman–Crippen MR) is 79.7 cm³/mol. The largest absolute Gasteiger partial charge is 0.366 e. The summed E-state index contributed by atoms with van der Waals surface area (Å²) < 4.78 is 5.43. The van der Waals surface area contributed by atoms with Crippen LogP contribution in [0.4, 0.5) is 0 Å². The van der Waals surface area contributed by atoms with Crippen molar-refractivity contribution in [1.29, 1.82) is 0 Å². The highest BCUT2D eigenvalue weighted by Crippen LogP contribution is 2.21. The molecule has 2 fully saturated rings. The number of nitrogens with zero attached hydrogens (tertiary/aromatic N) is 1. The first-order valence-electron chi connectivity index (χ1n) is 8.07. The van der Waals surface area contributed by atoms with Gasteiger partial charge < -0.3 is 20.3 Å². The monoisotopic (exact) mass is 283 g/mol. The molecule has 1 saturated heterocycles. The molecule has 2 rings (SSSR count). The number of nitrogens with one attached hydrogen (secondary N) is 2. The molecule has 116 valence electrons. The van der Waals surface area contributed by atoms with Gasteiger partial charge in [0.1, 0.15) is 6.10 Å². The van der Waals surface area contributed by atoms with E-state index in [-0.39, 0.29) is 12.0 Å². The number of carbonyl (C=O) groups is 1. The molecular formula is C15H29N3O2. The quantitative estimate of drug-likeness (QED) is 0.706. The minimum atomic E-state index is -0.306. The molecule has 2 N–H and O–H groups in total. The molecule has 2 aliphatic rings. The molecule has 1 aliphatic carbocycles. The van der Waals surface area contributed by atoms with Crippen LogP contribution in [0.25, 0.3) is 0 Å². The van der Waals surface area contributed by atoms with E-state index in [4.69, 9.17) is 4.74 Å². The van der Waals surface area contributed by atoms with Gasteiger partial charge in [0.25, 0.3) is 0 Å². The maximum absolute atomic E-state index is 11.9. The molecule has 1 aliphatic heterocycles. The first kappa shape index (κ1) is 15.7. The molecule has 0 aromatic heterocycles. The van der Waals surface area contributed by atoms with Crippen LogP contribution in [0.3, 0.4) is 0 Å². The summed E-state index contributed by atoms with van der Waals surface area (Å²) >= 11 is 0. The zero-order valence-electron chi connectivity index (χ0n) is 12.7. The van der Waals surface area contributed by atoms with Gasteiger partial charge in [0, 0.05) is 25.7 Å². The summed E-state index contributed by atoms with van der Waals surface area (Å²) in [4.78, 5) is 14.3.